The van der Waals surface area contributed by atoms with Gasteiger partial charge in [-0.2, -0.15) is 5.26 Å². The number of sulfonamides is 1. The highest BCUT2D eigenvalue weighted by molar-refractivity contribution is 7.89. The zero-order valence-corrected chi connectivity index (χ0v) is 17.6. The number of hydrogen-bond donors (Lipinski definition) is 1. The first-order valence-corrected chi connectivity index (χ1v) is 9.83. The minimum atomic E-state index is -3.86. The van der Waals surface area contributed by atoms with E-state index in [1.54, 1.807) is 20.8 Å². The van der Waals surface area contributed by atoms with Crippen LogP contribution in [-0.2, 0) is 19.6 Å². The summed E-state index contributed by atoms with van der Waals surface area (Å²) in [6.45, 7) is 4.52. The van der Waals surface area contributed by atoms with Gasteiger partial charge in [-0.15, -0.1) is 0 Å². The molecule has 0 aliphatic rings. The SMILES string of the molecule is COc1ccc(C(=O)OCC(=O)N[C@](C)(C#N)C(C)C)cc1S(=O)(=O)N(C)C. The molecule has 0 saturated carbocycles. The van der Waals surface area contributed by atoms with Gasteiger partial charge in [-0.3, -0.25) is 4.79 Å². The van der Waals surface area contributed by atoms with Crippen molar-refractivity contribution in [3.63, 3.8) is 0 Å². The molecule has 0 spiro atoms. The van der Waals surface area contributed by atoms with Gasteiger partial charge in [0.15, 0.2) is 6.61 Å². The number of benzene rings is 1. The number of rotatable bonds is 8. The van der Waals surface area contributed by atoms with Crippen molar-refractivity contribution < 1.29 is 27.5 Å². The molecule has 0 aliphatic carbocycles. The maximum absolute atomic E-state index is 12.4. The largest absolute Gasteiger partial charge is 0.495 e. The molecule has 0 saturated heterocycles. The van der Waals surface area contributed by atoms with Crippen LogP contribution in [0.1, 0.15) is 31.1 Å². The van der Waals surface area contributed by atoms with Crippen molar-refractivity contribution in [1.82, 2.24) is 9.62 Å². The van der Waals surface area contributed by atoms with Crippen LogP contribution in [0, 0.1) is 17.2 Å². The summed E-state index contributed by atoms with van der Waals surface area (Å²) in [7, 11) is 0.159. The third-order valence-electron chi connectivity index (χ3n) is 4.28. The van der Waals surface area contributed by atoms with Gasteiger partial charge in [-0.1, -0.05) is 13.8 Å². The Morgan fingerprint density at radius 1 is 1.32 bits per heavy atom. The van der Waals surface area contributed by atoms with Crippen LogP contribution >= 0.6 is 0 Å². The third-order valence-corrected chi connectivity index (χ3v) is 6.11. The summed E-state index contributed by atoms with van der Waals surface area (Å²) < 4.78 is 35.8. The fourth-order valence-electron chi connectivity index (χ4n) is 2.04. The number of nitrogens with zero attached hydrogens (tertiary/aromatic N) is 2. The van der Waals surface area contributed by atoms with E-state index < -0.39 is 34.0 Å². The van der Waals surface area contributed by atoms with Gasteiger partial charge in [0.05, 0.1) is 18.7 Å². The Kier molecular flexibility index (Phi) is 7.55. The van der Waals surface area contributed by atoms with E-state index in [0.29, 0.717) is 0 Å². The summed E-state index contributed by atoms with van der Waals surface area (Å²) in [5, 5.41) is 11.7. The van der Waals surface area contributed by atoms with Crippen molar-refractivity contribution in [2.75, 3.05) is 27.8 Å². The first kappa shape index (κ1) is 23.4. The second-order valence-corrected chi connectivity index (χ2v) is 8.87. The lowest BCUT2D eigenvalue weighted by Crippen LogP contribution is -2.50. The molecule has 0 bridgehead atoms. The van der Waals surface area contributed by atoms with Crippen LogP contribution in [0.2, 0.25) is 0 Å². The number of nitrogens with one attached hydrogen (secondary N) is 1. The van der Waals surface area contributed by atoms with Crippen molar-refractivity contribution in [3.05, 3.63) is 23.8 Å². The molecule has 10 heteroatoms. The molecule has 0 unspecified atom stereocenters. The highest BCUT2D eigenvalue weighted by Crippen LogP contribution is 2.27. The molecule has 1 atom stereocenters. The number of ether oxygens (including phenoxy) is 2. The van der Waals surface area contributed by atoms with E-state index in [2.05, 4.69) is 5.32 Å². The number of esters is 1. The second-order valence-electron chi connectivity index (χ2n) is 6.75. The standard InChI is InChI=1S/C18H25N3O6S/c1-12(2)18(3,11-19)20-16(22)10-27-17(23)13-7-8-14(26-6)15(9-13)28(24,25)21(4)5/h7-9,12H,10H2,1-6H3,(H,20,22)/t18-/m1/s1. The maximum Gasteiger partial charge on any atom is 0.338 e. The smallest absolute Gasteiger partial charge is 0.338 e. The second kappa shape index (κ2) is 9.03. The van der Waals surface area contributed by atoms with Gasteiger partial charge in [-0.25, -0.2) is 17.5 Å². The molecule has 0 aromatic heterocycles. The summed E-state index contributed by atoms with van der Waals surface area (Å²) in [5.41, 5.74) is -1.16. The summed E-state index contributed by atoms with van der Waals surface area (Å²) in [5.74, 6) is -1.60. The van der Waals surface area contributed by atoms with E-state index in [9.17, 15) is 23.3 Å². The summed E-state index contributed by atoms with van der Waals surface area (Å²) in [4.78, 5) is 24.1. The van der Waals surface area contributed by atoms with Gasteiger partial charge in [0, 0.05) is 14.1 Å². The third kappa shape index (κ3) is 5.21. The van der Waals surface area contributed by atoms with Gasteiger partial charge in [-0.05, 0) is 31.0 Å². The Morgan fingerprint density at radius 3 is 2.39 bits per heavy atom. The molecule has 0 heterocycles. The average Bonchev–Trinajstić information content (AvgIpc) is 2.64. The Balaban J connectivity index is 2.97. The molecule has 1 rings (SSSR count). The van der Waals surface area contributed by atoms with E-state index in [1.165, 1.54) is 33.3 Å². The number of carbonyl (C=O) groups excluding carboxylic acids is 2. The lowest BCUT2D eigenvalue weighted by molar-refractivity contribution is -0.125. The number of amides is 1. The van der Waals surface area contributed by atoms with E-state index in [1.807, 2.05) is 6.07 Å². The monoisotopic (exact) mass is 411 g/mol. The Bertz CT molecular complexity index is 889. The van der Waals surface area contributed by atoms with Gasteiger partial charge in [0.1, 0.15) is 16.2 Å². The summed E-state index contributed by atoms with van der Waals surface area (Å²) >= 11 is 0. The highest BCUT2D eigenvalue weighted by Gasteiger charge is 2.30. The van der Waals surface area contributed by atoms with Gasteiger partial charge in [0.25, 0.3) is 5.91 Å². The average molecular weight is 411 g/mol. The van der Waals surface area contributed by atoms with Crippen LogP contribution in [-0.4, -0.2) is 58.0 Å². The number of methoxy groups -OCH3 is 1. The van der Waals surface area contributed by atoms with Crippen LogP contribution in [0.4, 0.5) is 0 Å². The van der Waals surface area contributed by atoms with Crippen molar-refractivity contribution >= 4 is 21.9 Å². The van der Waals surface area contributed by atoms with E-state index in [-0.39, 0.29) is 22.1 Å². The molecule has 0 fully saturated rings. The summed E-state index contributed by atoms with van der Waals surface area (Å²) in [6.07, 6.45) is 0. The van der Waals surface area contributed by atoms with Gasteiger partial charge >= 0.3 is 5.97 Å². The quantitative estimate of drug-likeness (QED) is 0.636. The van der Waals surface area contributed by atoms with Crippen LogP contribution < -0.4 is 10.1 Å². The zero-order chi connectivity index (χ0) is 21.7. The predicted molar refractivity (Wildman–Crippen MR) is 101 cm³/mol. The normalized spacial score (nSPS) is 13.5. The first-order chi connectivity index (χ1) is 12.9. The lowest BCUT2D eigenvalue weighted by atomic mass is 9.90. The molecule has 1 amide bonds. The van der Waals surface area contributed by atoms with Crippen LogP contribution in [0.15, 0.2) is 23.1 Å². The van der Waals surface area contributed by atoms with Crippen LogP contribution in [0.3, 0.4) is 0 Å². The topological polar surface area (TPSA) is 126 Å². The summed E-state index contributed by atoms with van der Waals surface area (Å²) in [6, 6.07) is 5.81. The van der Waals surface area contributed by atoms with E-state index >= 15 is 0 Å². The molecule has 1 N–H and O–H groups in total. The lowest BCUT2D eigenvalue weighted by Gasteiger charge is -2.27. The van der Waals surface area contributed by atoms with Crippen molar-refractivity contribution in [2.24, 2.45) is 5.92 Å². The van der Waals surface area contributed by atoms with Crippen molar-refractivity contribution in [3.8, 4) is 11.8 Å². The Morgan fingerprint density at radius 2 is 1.93 bits per heavy atom. The minimum Gasteiger partial charge on any atom is -0.495 e. The van der Waals surface area contributed by atoms with Gasteiger partial charge < -0.3 is 14.8 Å². The van der Waals surface area contributed by atoms with Crippen LogP contribution in [0.5, 0.6) is 5.75 Å². The molecule has 0 aliphatic heterocycles. The fourth-order valence-corrected chi connectivity index (χ4v) is 3.12. The highest BCUT2D eigenvalue weighted by atomic mass is 32.2. The molecule has 28 heavy (non-hydrogen) atoms. The molecule has 0 radical (unpaired) electrons. The van der Waals surface area contributed by atoms with E-state index in [4.69, 9.17) is 9.47 Å². The zero-order valence-electron chi connectivity index (χ0n) is 16.8. The Labute approximate surface area is 165 Å². The number of nitriles is 1. The molecular weight excluding hydrogens is 386 g/mol. The predicted octanol–water partition coefficient (Wildman–Crippen LogP) is 1.16. The van der Waals surface area contributed by atoms with Crippen LogP contribution in [0.25, 0.3) is 0 Å². The van der Waals surface area contributed by atoms with Crippen molar-refractivity contribution in [1.29, 1.82) is 5.26 Å². The molecule has 154 valence electrons. The molecule has 1 aromatic rings. The first-order valence-electron chi connectivity index (χ1n) is 8.39. The molecule has 9 nitrogen and oxygen atoms in total. The maximum atomic E-state index is 12.4. The number of carbonyl (C=O) groups is 2. The minimum absolute atomic E-state index is 0.0547. The van der Waals surface area contributed by atoms with E-state index in [0.717, 1.165) is 10.4 Å². The van der Waals surface area contributed by atoms with Gasteiger partial charge in [0.2, 0.25) is 10.0 Å². The molecular formula is C18H25N3O6S. The fraction of sp³-hybridized carbons (Fsp3) is 0.500. The number of hydrogen-bond acceptors (Lipinski definition) is 7. The Hall–Kier alpha value is -2.64. The van der Waals surface area contributed by atoms with Crippen molar-refractivity contribution in [2.45, 2.75) is 31.2 Å². The molecule has 1 aromatic carbocycles.